The number of rotatable bonds is 5. The summed E-state index contributed by atoms with van der Waals surface area (Å²) in [5.74, 6) is 0.699. The lowest BCUT2D eigenvalue weighted by Crippen LogP contribution is -2.33. The van der Waals surface area contributed by atoms with Crippen molar-refractivity contribution in [2.75, 3.05) is 19.0 Å². The van der Waals surface area contributed by atoms with Crippen molar-refractivity contribution in [1.82, 2.24) is 24.6 Å². The third kappa shape index (κ3) is 3.98. The molecule has 1 aliphatic rings. The molecular formula is C22H24N6O3. The van der Waals surface area contributed by atoms with E-state index in [0.29, 0.717) is 40.8 Å². The Kier molecular flexibility index (Phi) is 5.66. The van der Waals surface area contributed by atoms with Crippen LogP contribution in [0.5, 0.6) is 5.75 Å². The maximum atomic E-state index is 13.0. The molecule has 1 aromatic carbocycles. The van der Waals surface area contributed by atoms with Crippen LogP contribution in [0.15, 0.2) is 42.7 Å². The Morgan fingerprint density at radius 2 is 2.03 bits per heavy atom. The molecule has 9 nitrogen and oxygen atoms in total. The normalized spacial score (nSPS) is 15.7. The fourth-order valence-electron chi connectivity index (χ4n) is 3.82. The third-order valence-electron chi connectivity index (χ3n) is 5.45. The highest BCUT2D eigenvalue weighted by atomic mass is 16.5. The van der Waals surface area contributed by atoms with Gasteiger partial charge in [-0.1, -0.05) is 12.1 Å². The lowest BCUT2D eigenvalue weighted by atomic mass is 10.1. The number of hydrogen-bond donors (Lipinski definition) is 1. The van der Waals surface area contributed by atoms with E-state index in [-0.39, 0.29) is 17.9 Å². The zero-order chi connectivity index (χ0) is 22.0. The maximum Gasteiger partial charge on any atom is 0.272 e. The lowest BCUT2D eigenvalue weighted by Gasteiger charge is -2.24. The van der Waals surface area contributed by atoms with E-state index >= 15 is 0 Å². The Morgan fingerprint density at radius 1 is 1.23 bits per heavy atom. The van der Waals surface area contributed by atoms with Gasteiger partial charge in [-0.05, 0) is 38.0 Å². The van der Waals surface area contributed by atoms with Gasteiger partial charge in [0.25, 0.3) is 11.8 Å². The molecule has 9 heteroatoms. The molecule has 2 amide bonds. The summed E-state index contributed by atoms with van der Waals surface area (Å²) in [5, 5.41) is 6.92. The van der Waals surface area contributed by atoms with Gasteiger partial charge >= 0.3 is 0 Å². The summed E-state index contributed by atoms with van der Waals surface area (Å²) < 4.78 is 6.85. The minimum Gasteiger partial charge on any atom is -0.495 e. The highest BCUT2D eigenvalue weighted by Crippen LogP contribution is 2.31. The second-order valence-electron chi connectivity index (χ2n) is 7.38. The van der Waals surface area contributed by atoms with Gasteiger partial charge in [0, 0.05) is 26.0 Å². The van der Waals surface area contributed by atoms with E-state index < -0.39 is 0 Å². The molecular weight excluding hydrogens is 396 g/mol. The minimum absolute atomic E-state index is 0.0956. The van der Waals surface area contributed by atoms with Gasteiger partial charge in [0.1, 0.15) is 11.4 Å². The molecule has 0 radical (unpaired) electrons. The molecule has 1 fully saturated rings. The van der Waals surface area contributed by atoms with Gasteiger partial charge in [0.05, 0.1) is 30.1 Å². The van der Waals surface area contributed by atoms with Crippen molar-refractivity contribution in [1.29, 1.82) is 0 Å². The summed E-state index contributed by atoms with van der Waals surface area (Å²) in [5.41, 5.74) is 2.02. The van der Waals surface area contributed by atoms with Crippen LogP contribution in [0.3, 0.4) is 0 Å². The number of ether oxygens (including phenoxy) is 1. The molecule has 1 unspecified atom stereocenters. The van der Waals surface area contributed by atoms with Crippen molar-refractivity contribution in [3.8, 4) is 5.75 Å². The van der Waals surface area contributed by atoms with E-state index in [9.17, 15) is 9.59 Å². The molecule has 1 atom stereocenters. The zero-order valence-corrected chi connectivity index (χ0v) is 17.7. The molecule has 2 aromatic heterocycles. The summed E-state index contributed by atoms with van der Waals surface area (Å²) in [4.78, 5) is 36.5. The fraction of sp³-hybridized carbons (Fsp3) is 0.318. The van der Waals surface area contributed by atoms with Crippen LogP contribution in [0, 0.1) is 6.92 Å². The summed E-state index contributed by atoms with van der Waals surface area (Å²) in [7, 11) is 3.29. The highest BCUT2D eigenvalue weighted by molar-refractivity contribution is 6.05. The van der Waals surface area contributed by atoms with Crippen LogP contribution in [-0.2, 0) is 7.05 Å². The van der Waals surface area contributed by atoms with Crippen molar-refractivity contribution in [2.24, 2.45) is 7.05 Å². The van der Waals surface area contributed by atoms with Crippen molar-refractivity contribution in [3.05, 3.63) is 65.5 Å². The predicted molar refractivity (Wildman–Crippen MR) is 114 cm³/mol. The number of amides is 2. The summed E-state index contributed by atoms with van der Waals surface area (Å²) in [6.45, 7) is 2.40. The standard InChI is InChI=1S/C22H24N6O3/c1-14-15(21(29)26-16-7-4-5-9-19(16)31-3)13-23-20(25-14)17-8-6-12-28(17)22(30)18-10-11-24-27(18)2/h4-5,7,9-11,13,17H,6,8,12H2,1-3H3,(H,26,29). The van der Waals surface area contributed by atoms with Crippen molar-refractivity contribution < 1.29 is 14.3 Å². The topological polar surface area (TPSA) is 102 Å². The van der Waals surface area contributed by atoms with Gasteiger partial charge in [-0.25, -0.2) is 9.97 Å². The minimum atomic E-state index is -0.317. The SMILES string of the molecule is COc1ccccc1NC(=O)c1cnc(C2CCCN2C(=O)c2ccnn2C)nc1C. The summed E-state index contributed by atoms with van der Waals surface area (Å²) >= 11 is 0. The van der Waals surface area contributed by atoms with Crippen LogP contribution in [-0.4, -0.2) is 50.1 Å². The Bertz CT molecular complexity index is 1130. The quantitative estimate of drug-likeness (QED) is 0.681. The number of hydrogen-bond acceptors (Lipinski definition) is 6. The molecule has 1 aliphatic heterocycles. The monoisotopic (exact) mass is 420 g/mol. The molecule has 1 saturated heterocycles. The van der Waals surface area contributed by atoms with Crippen LogP contribution >= 0.6 is 0 Å². The largest absolute Gasteiger partial charge is 0.495 e. The fourth-order valence-corrected chi connectivity index (χ4v) is 3.82. The van der Waals surface area contributed by atoms with Crippen molar-refractivity contribution >= 4 is 17.5 Å². The number of para-hydroxylation sites is 2. The number of nitrogens with zero attached hydrogens (tertiary/aromatic N) is 5. The molecule has 4 rings (SSSR count). The van der Waals surface area contributed by atoms with E-state index in [4.69, 9.17) is 4.74 Å². The molecule has 1 N–H and O–H groups in total. The third-order valence-corrected chi connectivity index (χ3v) is 5.45. The Morgan fingerprint density at radius 3 is 2.74 bits per heavy atom. The molecule has 0 spiro atoms. The Labute approximate surface area is 180 Å². The lowest BCUT2D eigenvalue weighted by molar-refractivity contribution is 0.0718. The average molecular weight is 420 g/mol. The van der Waals surface area contributed by atoms with Crippen LogP contribution in [0.1, 0.15) is 51.2 Å². The molecule has 160 valence electrons. The number of carbonyl (C=O) groups is 2. The van der Waals surface area contributed by atoms with Crippen molar-refractivity contribution in [3.63, 3.8) is 0 Å². The van der Waals surface area contributed by atoms with Crippen LogP contribution in [0.2, 0.25) is 0 Å². The second-order valence-corrected chi connectivity index (χ2v) is 7.38. The first-order valence-corrected chi connectivity index (χ1v) is 10.1. The molecule has 0 saturated carbocycles. The van der Waals surface area contributed by atoms with Gasteiger partial charge in [0.15, 0.2) is 5.82 Å². The number of anilines is 1. The molecule has 0 aliphatic carbocycles. The van der Waals surface area contributed by atoms with Crippen LogP contribution in [0.4, 0.5) is 5.69 Å². The van der Waals surface area contributed by atoms with E-state index in [1.165, 1.54) is 6.20 Å². The van der Waals surface area contributed by atoms with E-state index in [1.807, 2.05) is 12.1 Å². The first-order chi connectivity index (χ1) is 15.0. The van der Waals surface area contributed by atoms with E-state index in [1.54, 1.807) is 55.1 Å². The number of aromatic nitrogens is 4. The van der Waals surface area contributed by atoms with Gasteiger partial charge in [-0.15, -0.1) is 0 Å². The smallest absolute Gasteiger partial charge is 0.272 e. The average Bonchev–Trinajstić information content (AvgIpc) is 3.42. The first-order valence-electron chi connectivity index (χ1n) is 10.1. The molecule has 0 bridgehead atoms. The predicted octanol–water partition coefficient (Wildman–Crippen LogP) is 2.76. The van der Waals surface area contributed by atoms with Gasteiger partial charge in [0.2, 0.25) is 0 Å². The van der Waals surface area contributed by atoms with Crippen LogP contribution < -0.4 is 10.1 Å². The number of nitrogens with one attached hydrogen (secondary N) is 1. The van der Waals surface area contributed by atoms with Crippen molar-refractivity contribution in [2.45, 2.75) is 25.8 Å². The Balaban J connectivity index is 1.55. The highest BCUT2D eigenvalue weighted by Gasteiger charge is 2.34. The van der Waals surface area contributed by atoms with Crippen LogP contribution in [0.25, 0.3) is 0 Å². The Hall–Kier alpha value is -3.75. The number of likely N-dealkylation sites (tertiary alicyclic amines) is 1. The van der Waals surface area contributed by atoms with E-state index in [2.05, 4.69) is 20.4 Å². The number of carbonyl (C=O) groups excluding carboxylic acids is 2. The van der Waals surface area contributed by atoms with Gasteiger partial charge in [-0.2, -0.15) is 5.10 Å². The number of benzene rings is 1. The van der Waals surface area contributed by atoms with Gasteiger partial charge < -0.3 is 15.0 Å². The maximum absolute atomic E-state index is 13.0. The second kappa shape index (κ2) is 8.55. The number of methoxy groups -OCH3 is 1. The van der Waals surface area contributed by atoms with Gasteiger partial charge in [-0.3, -0.25) is 14.3 Å². The summed E-state index contributed by atoms with van der Waals surface area (Å²) in [6.07, 6.45) is 4.77. The number of aryl methyl sites for hydroxylation is 2. The van der Waals surface area contributed by atoms with E-state index in [0.717, 1.165) is 12.8 Å². The molecule has 31 heavy (non-hydrogen) atoms. The summed E-state index contributed by atoms with van der Waals surface area (Å²) in [6, 6.07) is 8.66. The molecule has 3 heterocycles. The molecule has 3 aromatic rings. The zero-order valence-electron chi connectivity index (χ0n) is 17.7. The first kappa shape index (κ1) is 20.5.